The van der Waals surface area contributed by atoms with Crippen molar-refractivity contribution in [3.8, 4) is 0 Å². The molecule has 8 heteroatoms. The minimum Gasteiger partial charge on any atom is -0.459 e. The lowest BCUT2D eigenvalue weighted by atomic mass is 9.92. The van der Waals surface area contributed by atoms with Gasteiger partial charge in [-0.2, -0.15) is 0 Å². The third-order valence-electron chi connectivity index (χ3n) is 6.15. The molecule has 0 bridgehead atoms. The predicted octanol–water partition coefficient (Wildman–Crippen LogP) is 2.00. The van der Waals surface area contributed by atoms with Crippen LogP contribution in [0.4, 0.5) is 0 Å². The summed E-state index contributed by atoms with van der Waals surface area (Å²) in [6.07, 6.45) is 8.93. The molecule has 0 saturated carbocycles. The SMILES string of the molecule is O=C(NCC1CCN(CC2CCN(C(=O)c3ccco3)CC2)CC1)c1cnc[nH]1. The summed E-state index contributed by atoms with van der Waals surface area (Å²) in [7, 11) is 0. The molecule has 0 radical (unpaired) electrons. The Kier molecular flexibility index (Phi) is 6.29. The van der Waals surface area contributed by atoms with Crippen LogP contribution in [0, 0.1) is 11.8 Å². The van der Waals surface area contributed by atoms with Crippen molar-refractivity contribution in [3.63, 3.8) is 0 Å². The van der Waals surface area contributed by atoms with E-state index in [1.54, 1.807) is 24.6 Å². The third kappa shape index (κ3) is 5.06. The fourth-order valence-corrected chi connectivity index (χ4v) is 4.33. The first-order chi connectivity index (χ1) is 14.2. The summed E-state index contributed by atoms with van der Waals surface area (Å²) in [5, 5.41) is 3.00. The summed E-state index contributed by atoms with van der Waals surface area (Å²) in [6.45, 7) is 5.60. The number of hydrogen-bond acceptors (Lipinski definition) is 5. The van der Waals surface area contributed by atoms with Crippen LogP contribution in [-0.4, -0.2) is 70.9 Å². The van der Waals surface area contributed by atoms with E-state index in [4.69, 9.17) is 4.42 Å². The molecule has 2 aliphatic heterocycles. The zero-order chi connectivity index (χ0) is 20.1. The van der Waals surface area contributed by atoms with E-state index >= 15 is 0 Å². The van der Waals surface area contributed by atoms with Gasteiger partial charge in [-0.25, -0.2) is 4.98 Å². The first-order valence-electron chi connectivity index (χ1n) is 10.5. The molecule has 2 saturated heterocycles. The summed E-state index contributed by atoms with van der Waals surface area (Å²) >= 11 is 0. The summed E-state index contributed by atoms with van der Waals surface area (Å²) in [4.78, 5) is 35.5. The zero-order valence-electron chi connectivity index (χ0n) is 16.7. The number of amides is 2. The van der Waals surface area contributed by atoms with Gasteiger partial charge in [0.15, 0.2) is 5.76 Å². The highest BCUT2D eigenvalue weighted by Gasteiger charge is 2.27. The van der Waals surface area contributed by atoms with Crippen LogP contribution in [0.5, 0.6) is 0 Å². The van der Waals surface area contributed by atoms with Crippen molar-refractivity contribution >= 4 is 11.8 Å². The lowest BCUT2D eigenvalue weighted by molar-refractivity contribution is 0.0621. The van der Waals surface area contributed by atoms with Gasteiger partial charge in [0.25, 0.3) is 11.8 Å². The molecule has 0 unspecified atom stereocenters. The molecule has 8 nitrogen and oxygen atoms in total. The number of H-pyrrole nitrogens is 1. The van der Waals surface area contributed by atoms with E-state index in [2.05, 4.69) is 20.2 Å². The van der Waals surface area contributed by atoms with E-state index in [1.165, 1.54) is 6.33 Å². The minimum atomic E-state index is -0.0826. The molecular formula is C21H29N5O3. The number of nitrogens with zero attached hydrogens (tertiary/aromatic N) is 3. The quantitative estimate of drug-likeness (QED) is 0.775. The maximum absolute atomic E-state index is 12.4. The van der Waals surface area contributed by atoms with Crippen LogP contribution in [-0.2, 0) is 0 Å². The van der Waals surface area contributed by atoms with E-state index in [9.17, 15) is 9.59 Å². The number of furan rings is 1. The van der Waals surface area contributed by atoms with Gasteiger partial charge in [-0.15, -0.1) is 0 Å². The second-order valence-corrected chi connectivity index (χ2v) is 8.13. The first kappa shape index (κ1) is 19.7. The topological polar surface area (TPSA) is 94.5 Å². The highest BCUT2D eigenvalue weighted by molar-refractivity contribution is 5.92. The Bertz CT molecular complexity index is 773. The molecule has 4 heterocycles. The van der Waals surface area contributed by atoms with Gasteiger partial charge < -0.3 is 24.5 Å². The van der Waals surface area contributed by atoms with Crippen molar-refractivity contribution in [1.29, 1.82) is 0 Å². The van der Waals surface area contributed by atoms with Crippen molar-refractivity contribution < 1.29 is 14.0 Å². The average Bonchev–Trinajstić information content (AvgIpc) is 3.47. The summed E-state index contributed by atoms with van der Waals surface area (Å²) in [5.74, 6) is 1.54. The van der Waals surface area contributed by atoms with Crippen molar-refractivity contribution in [2.45, 2.75) is 25.7 Å². The third-order valence-corrected chi connectivity index (χ3v) is 6.15. The summed E-state index contributed by atoms with van der Waals surface area (Å²) in [6, 6.07) is 3.49. The van der Waals surface area contributed by atoms with Gasteiger partial charge in [0.1, 0.15) is 5.69 Å². The standard InChI is InChI=1S/C21H29N5O3/c27-20(18-13-22-15-24-18)23-12-16-3-7-25(8-4-16)14-17-5-9-26(10-6-17)21(28)19-2-1-11-29-19/h1-2,11,13,15-17H,3-10,12,14H2,(H,22,24)(H,23,27). The molecule has 0 spiro atoms. The van der Waals surface area contributed by atoms with E-state index in [1.807, 2.05) is 4.90 Å². The van der Waals surface area contributed by atoms with Gasteiger partial charge in [0, 0.05) is 26.2 Å². The second kappa shape index (κ2) is 9.26. The number of likely N-dealkylation sites (tertiary alicyclic amines) is 2. The Hall–Kier alpha value is -2.61. The number of carbonyl (C=O) groups is 2. The summed E-state index contributed by atoms with van der Waals surface area (Å²) in [5.41, 5.74) is 0.513. The number of hydrogen-bond donors (Lipinski definition) is 2. The lowest BCUT2D eigenvalue weighted by Crippen LogP contribution is -2.44. The number of aromatic nitrogens is 2. The van der Waals surface area contributed by atoms with E-state index in [0.717, 1.165) is 65.0 Å². The molecule has 29 heavy (non-hydrogen) atoms. The smallest absolute Gasteiger partial charge is 0.289 e. The van der Waals surface area contributed by atoms with Crippen LogP contribution < -0.4 is 5.32 Å². The highest BCUT2D eigenvalue weighted by atomic mass is 16.3. The average molecular weight is 399 g/mol. The number of nitrogens with one attached hydrogen (secondary N) is 2. The number of aromatic amines is 1. The van der Waals surface area contributed by atoms with Crippen LogP contribution in [0.2, 0.25) is 0 Å². The molecule has 2 fully saturated rings. The van der Waals surface area contributed by atoms with Crippen molar-refractivity contribution in [1.82, 2.24) is 25.1 Å². The van der Waals surface area contributed by atoms with Crippen molar-refractivity contribution in [2.75, 3.05) is 39.3 Å². The Morgan fingerprint density at radius 1 is 1.14 bits per heavy atom. The molecular weight excluding hydrogens is 370 g/mol. The zero-order valence-corrected chi connectivity index (χ0v) is 16.7. The number of rotatable bonds is 6. The van der Waals surface area contributed by atoms with Gasteiger partial charge >= 0.3 is 0 Å². The Balaban J connectivity index is 1.13. The molecule has 0 atom stereocenters. The lowest BCUT2D eigenvalue weighted by Gasteiger charge is -2.37. The van der Waals surface area contributed by atoms with Gasteiger partial charge in [0.05, 0.1) is 18.8 Å². The van der Waals surface area contributed by atoms with Crippen LogP contribution in [0.15, 0.2) is 35.3 Å². The molecule has 0 aromatic carbocycles. The minimum absolute atomic E-state index is 0.00596. The van der Waals surface area contributed by atoms with Crippen LogP contribution >= 0.6 is 0 Å². The fourth-order valence-electron chi connectivity index (χ4n) is 4.33. The molecule has 2 amide bonds. The Labute approximate surface area is 170 Å². The van der Waals surface area contributed by atoms with Gasteiger partial charge in [-0.3, -0.25) is 9.59 Å². The number of piperidine rings is 2. The van der Waals surface area contributed by atoms with Gasteiger partial charge in [0.2, 0.25) is 0 Å². The van der Waals surface area contributed by atoms with Crippen LogP contribution in [0.25, 0.3) is 0 Å². The monoisotopic (exact) mass is 399 g/mol. The fraction of sp³-hybridized carbons (Fsp3) is 0.571. The maximum atomic E-state index is 12.4. The Morgan fingerprint density at radius 2 is 1.90 bits per heavy atom. The highest BCUT2D eigenvalue weighted by Crippen LogP contribution is 2.23. The molecule has 0 aliphatic carbocycles. The molecule has 4 rings (SSSR count). The molecule has 2 aliphatic rings. The van der Waals surface area contributed by atoms with Gasteiger partial charge in [-0.1, -0.05) is 0 Å². The molecule has 2 N–H and O–H groups in total. The van der Waals surface area contributed by atoms with E-state index in [0.29, 0.717) is 23.3 Å². The maximum Gasteiger partial charge on any atom is 0.289 e. The predicted molar refractivity (Wildman–Crippen MR) is 107 cm³/mol. The Morgan fingerprint density at radius 3 is 2.55 bits per heavy atom. The summed E-state index contributed by atoms with van der Waals surface area (Å²) < 4.78 is 5.23. The number of imidazole rings is 1. The second-order valence-electron chi connectivity index (χ2n) is 8.13. The first-order valence-corrected chi connectivity index (χ1v) is 10.5. The van der Waals surface area contributed by atoms with Crippen molar-refractivity contribution in [2.24, 2.45) is 11.8 Å². The largest absolute Gasteiger partial charge is 0.459 e. The van der Waals surface area contributed by atoms with Crippen LogP contribution in [0.1, 0.15) is 46.7 Å². The van der Waals surface area contributed by atoms with Crippen LogP contribution in [0.3, 0.4) is 0 Å². The van der Waals surface area contributed by atoms with E-state index < -0.39 is 0 Å². The molecule has 2 aromatic heterocycles. The molecule has 156 valence electrons. The molecule has 2 aromatic rings. The van der Waals surface area contributed by atoms with Gasteiger partial charge in [-0.05, 0) is 62.7 Å². The van der Waals surface area contributed by atoms with Crippen molar-refractivity contribution in [3.05, 3.63) is 42.4 Å². The van der Waals surface area contributed by atoms with E-state index in [-0.39, 0.29) is 11.8 Å². The normalized spacial score (nSPS) is 19.4. The number of carbonyl (C=O) groups excluding carboxylic acids is 2.